The molecule has 0 aliphatic carbocycles. The van der Waals surface area contributed by atoms with Gasteiger partial charge in [-0.2, -0.15) is 4.98 Å². The second kappa shape index (κ2) is 7.57. The highest BCUT2D eigenvalue weighted by Gasteiger charge is 2.33. The van der Waals surface area contributed by atoms with Gasteiger partial charge in [0.2, 0.25) is 5.88 Å². The lowest BCUT2D eigenvalue weighted by Gasteiger charge is -2.29. The van der Waals surface area contributed by atoms with Gasteiger partial charge in [-0.05, 0) is 18.4 Å². The summed E-state index contributed by atoms with van der Waals surface area (Å²) in [5.74, 6) is 1.80. The van der Waals surface area contributed by atoms with Crippen molar-refractivity contribution in [3.63, 3.8) is 0 Å². The Labute approximate surface area is 142 Å². The van der Waals surface area contributed by atoms with Gasteiger partial charge < -0.3 is 14.4 Å². The Balaban J connectivity index is 1.75. The Morgan fingerprint density at radius 3 is 2.92 bits per heavy atom. The summed E-state index contributed by atoms with van der Waals surface area (Å²) in [6.45, 7) is 5.58. The number of anilines is 1. The summed E-state index contributed by atoms with van der Waals surface area (Å²) in [5, 5.41) is 0. The summed E-state index contributed by atoms with van der Waals surface area (Å²) in [5.41, 5.74) is 1.09. The number of rotatable bonds is 6. The van der Waals surface area contributed by atoms with E-state index < -0.39 is 0 Å². The number of hydrogen-bond acceptors (Lipinski definition) is 6. The second-order valence-corrected chi connectivity index (χ2v) is 6.47. The van der Waals surface area contributed by atoms with Gasteiger partial charge in [-0.3, -0.25) is 9.97 Å². The smallest absolute Gasteiger partial charge is 0.234 e. The minimum Gasteiger partial charge on any atom is -0.476 e. The van der Waals surface area contributed by atoms with Crippen molar-refractivity contribution in [3.8, 4) is 5.88 Å². The molecule has 2 aromatic heterocycles. The summed E-state index contributed by atoms with van der Waals surface area (Å²) >= 11 is 0. The van der Waals surface area contributed by atoms with Crippen LogP contribution in [0.25, 0.3) is 0 Å². The summed E-state index contributed by atoms with van der Waals surface area (Å²) in [6.07, 6.45) is 7.99. The molecule has 1 fully saturated rings. The van der Waals surface area contributed by atoms with Crippen LogP contribution in [0.3, 0.4) is 0 Å². The van der Waals surface area contributed by atoms with Gasteiger partial charge in [0.05, 0.1) is 25.0 Å². The predicted molar refractivity (Wildman–Crippen MR) is 92.1 cm³/mol. The van der Waals surface area contributed by atoms with E-state index in [2.05, 4.69) is 39.8 Å². The first-order chi connectivity index (χ1) is 11.6. The van der Waals surface area contributed by atoms with Crippen molar-refractivity contribution < 1.29 is 9.47 Å². The first kappa shape index (κ1) is 16.6. The summed E-state index contributed by atoms with van der Waals surface area (Å²) in [6, 6.07) is 4.19. The van der Waals surface area contributed by atoms with Gasteiger partial charge in [-0.1, -0.05) is 19.9 Å². The fourth-order valence-corrected chi connectivity index (χ4v) is 2.84. The molecule has 6 heteroatoms. The van der Waals surface area contributed by atoms with Gasteiger partial charge >= 0.3 is 0 Å². The lowest BCUT2D eigenvalue weighted by atomic mass is 10.0. The molecular formula is C18H24N4O2. The number of nitrogens with zero attached hydrogens (tertiary/aromatic N) is 4. The van der Waals surface area contributed by atoms with Crippen LogP contribution in [0.15, 0.2) is 36.9 Å². The van der Waals surface area contributed by atoms with Crippen molar-refractivity contribution in [2.75, 3.05) is 25.2 Å². The van der Waals surface area contributed by atoms with E-state index in [1.807, 2.05) is 19.3 Å². The predicted octanol–water partition coefficient (Wildman–Crippen LogP) is 2.87. The summed E-state index contributed by atoms with van der Waals surface area (Å²) in [4.78, 5) is 15.2. The molecule has 0 unspecified atom stereocenters. The van der Waals surface area contributed by atoms with E-state index >= 15 is 0 Å². The van der Waals surface area contributed by atoms with E-state index in [9.17, 15) is 0 Å². The summed E-state index contributed by atoms with van der Waals surface area (Å²) in [7, 11) is 2.03. The largest absolute Gasteiger partial charge is 0.476 e. The van der Waals surface area contributed by atoms with Crippen LogP contribution in [0.2, 0.25) is 0 Å². The maximum atomic E-state index is 5.94. The van der Waals surface area contributed by atoms with Crippen LogP contribution in [-0.2, 0) is 4.74 Å². The molecule has 0 spiro atoms. The highest BCUT2D eigenvalue weighted by Crippen LogP contribution is 2.33. The standard InChI is InChI=1S/C18H24N4O2/c1-13(2)12-24-17-11-20-10-16(21-17)22(3)15-6-8-23-18(15)14-5-4-7-19-9-14/h4-5,7,9-11,13,15,18H,6,8,12H2,1-3H3/t15-,18+/m0/s1. The maximum absolute atomic E-state index is 5.94. The molecule has 0 saturated carbocycles. The van der Waals surface area contributed by atoms with E-state index in [-0.39, 0.29) is 12.1 Å². The third kappa shape index (κ3) is 3.82. The van der Waals surface area contributed by atoms with Crippen LogP contribution in [0.5, 0.6) is 5.88 Å². The van der Waals surface area contributed by atoms with Crippen molar-refractivity contribution >= 4 is 5.82 Å². The molecule has 3 heterocycles. The van der Waals surface area contributed by atoms with Gasteiger partial charge in [0.25, 0.3) is 0 Å². The molecule has 0 aromatic carbocycles. The number of hydrogen-bond donors (Lipinski definition) is 0. The summed E-state index contributed by atoms with van der Waals surface area (Å²) < 4.78 is 11.6. The number of ether oxygens (including phenoxy) is 2. The SMILES string of the molecule is CC(C)COc1cncc(N(C)[C@H]2CCO[C@@H]2c2cccnc2)n1. The molecular weight excluding hydrogens is 304 g/mol. The Morgan fingerprint density at radius 2 is 2.17 bits per heavy atom. The lowest BCUT2D eigenvalue weighted by Crippen LogP contribution is -2.34. The molecule has 1 saturated heterocycles. The Kier molecular flexibility index (Phi) is 5.25. The quantitative estimate of drug-likeness (QED) is 0.812. The number of likely N-dealkylation sites (N-methyl/N-ethyl adjacent to an activating group) is 1. The molecule has 1 aliphatic heterocycles. The van der Waals surface area contributed by atoms with Crippen LogP contribution in [0, 0.1) is 5.92 Å². The van der Waals surface area contributed by atoms with Crippen molar-refractivity contribution in [1.82, 2.24) is 15.0 Å². The zero-order chi connectivity index (χ0) is 16.9. The average molecular weight is 328 g/mol. The fourth-order valence-electron chi connectivity index (χ4n) is 2.84. The molecule has 0 bridgehead atoms. The highest BCUT2D eigenvalue weighted by molar-refractivity contribution is 5.39. The number of aromatic nitrogens is 3. The van der Waals surface area contributed by atoms with Crippen molar-refractivity contribution in [2.24, 2.45) is 5.92 Å². The van der Waals surface area contributed by atoms with Gasteiger partial charge in [-0.25, -0.2) is 0 Å². The fraction of sp³-hybridized carbons (Fsp3) is 0.500. The molecule has 2 atom stereocenters. The van der Waals surface area contributed by atoms with Crippen LogP contribution in [0.4, 0.5) is 5.82 Å². The van der Waals surface area contributed by atoms with E-state index in [0.29, 0.717) is 18.4 Å². The molecule has 0 radical (unpaired) electrons. The average Bonchev–Trinajstić information content (AvgIpc) is 3.10. The van der Waals surface area contributed by atoms with Crippen LogP contribution >= 0.6 is 0 Å². The molecule has 6 nitrogen and oxygen atoms in total. The van der Waals surface area contributed by atoms with E-state index in [4.69, 9.17) is 9.47 Å². The first-order valence-electron chi connectivity index (χ1n) is 8.34. The van der Waals surface area contributed by atoms with Crippen LogP contribution in [-0.4, -0.2) is 41.3 Å². The topological polar surface area (TPSA) is 60.4 Å². The molecule has 24 heavy (non-hydrogen) atoms. The molecule has 1 aliphatic rings. The third-order valence-corrected chi connectivity index (χ3v) is 4.10. The third-order valence-electron chi connectivity index (χ3n) is 4.10. The lowest BCUT2D eigenvalue weighted by molar-refractivity contribution is 0.104. The first-order valence-corrected chi connectivity index (χ1v) is 8.34. The van der Waals surface area contributed by atoms with Crippen LogP contribution < -0.4 is 9.64 Å². The van der Waals surface area contributed by atoms with E-state index in [1.165, 1.54) is 0 Å². The van der Waals surface area contributed by atoms with Crippen molar-refractivity contribution in [2.45, 2.75) is 32.4 Å². The zero-order valence-electron chi connectivity index (χ0n) is 14.4. The molecule has 3 rings (SSSR count). The van der Waals surface area contributed by atoms with Gasteiger partial charge in [0.15, 0.2) is 5.82 Å². The minimum absolute atomic E-state index is 0.00858. The van der Waals surface area contributed by atoms with Crippen molar-refractivity contribution in [3.05, 3.63) is 42.5 Å². The molecule has 0 N–H and O–H groups in total. The molecule has 0 amide bonds. The molecule has 128 valence electrons. The second-order valence-electron chi connectivity index (χ2n) is 6.47. The normalized spacial score (nSPS) is 20.3. The highest BCUT2D eigenvalue weighted by atomic mass is 16.5. The Bertz CT molecular complexity index is 650. The van der Waals surface area contributed by atoms with Crippen molar-refractivity contribution in [1.29, 1.82) is 0 Å². The maximum Gasteiger partial charge on any atom is 0.234 e. The van der Waals surface area contributed by atoms with E-state index in [0.717, 1.165) is 24.4 Å². The zero-order valence-corrected chi connectivity index (χ0v) is 14.4. The number of pyridine rings is 1. The monoisotopic (exact) mass is 328 g/mol. The molecule has 2 aromatic rings. The van der Waals surface area contributed by atoms with Gasteiger partial charge in [-0.15, -0.1) is 0 Å². The van der Waals surface area contributed by atoms with Gasteiger partial charge in [0, 0.05) is 31.6 Å². The van der Waals surface area contributed by atoms with E-state index in [1.54, 1.807) is 18.6 Å². The van der Waals surface area contributed by atoms with Crippen LogP contribution in [0.1, 0.15) is 31.9 Å². The van der Waals surface area contributed by atoms with Gasteiger partial charge in [0.1, 0.15) is 6.10 Å². The Hall–Kier alpha value is -2.21. The Morgan fingerprint density at radius 1 is 1.29 bits per heavy atom. The minimum atomic E-state index is -0.00858.